The minimum absolute atomic E-state index is 0.00410. The first-order chi connectivity index (χ1) is 11.7. The summed E-state index contributed by atoms with van der Waals surface area (Å²) < 4.78 is 5.62. The zero-order valence-electron chi connectivity index (χ0n) is 15.6. The number of nitrogens with zero attached hydrogens (tertiary/aromatic N) is 1. The van der Waals surface area contributed by atoms with E-state index in [2.05, 4.69) is 32.9 Å². The highest BCUT2D eigenvalue weighted by Gasteiger charge is 2.48. The number of nitrogen functional groups attached to an aromatic ring is 1. The first-order valence-electron chi connectivity index (χ1n) is 8.55. The Bertz CT molecular complexity index is 814. The molecule has 0 spiro atoms. The number of carbonyl (C=O) groups is 1. The highest BCUT2D eigenvalue weighted by molar-refractivity contribution is 5.97. The van der Waals surface area contributed by atoms with Gasteiger partial charge in [0.15, 0.2) is 0 Å². The number of anilines is 2. The molecule has 4 heteroatoms. The average molecular weight is 338 g/mol. The molecule has 1 aliphatic rings. The van der Waals surface area contributed by atoms with Crippen LogP contribution in [-0.4, -0.2) is 18.6 Å². The molecule has 3 rings (SSSR count). The molecule has 25 heavy (non-hydrogen) atoms. The summed E-state index contributed by atoms with van der Waals surface area (Å²) in [4.78, 5) is 14.4. The van der Waals surface area contributed by atoms with Crippen LogP contribution in [0, 0.1) is 0 Å². The molecule has 4 nitrogen and oxygen atoms in total. The standard InChI is InChI=1S/C21H26N2O2/c1-14(24)23-19-17(11-16(22)12-18(19)25-5)21(4,13-20(23,2)3)15-9-7-6-8-10-15/h6-12H,13,22H2,1-5H3. The van der Waals surface area contributed by atoms with Crippen LogP contribution in [0.4, 0.5) is 11.4 Å². The lowest BCUT2D eigenvalue weighted by molar-refractivity contribution is -0.117. The lowest BCUT2D eigenvalue weighted by Crippen LogP contribution is -2.55. The lowest BCUT2D eigenvalue weighted by Gasteiger charge is -2.51. The number of carbonyl (C=O) groups excluding carboxylic acids is 1. The summed E-state index contributed by atoms with van der Waals surface area (Å²) >= 11 is 0. The highest BCUT2D eigenvalue weighted by atomic mass is 16.5. The zero-order valence-corrected chi connectivity index (χ0v) is 15.6. The van der Waals surface area contributed by atoms with Gasteiger partial charge in [0.05, 0.1) is 12.8 Å². The first-order valence-corrected chi connectivity index (χ1v) is 8.55. The van der Waals surface area contributed by atoms with E-state index in [0.29, 0.717) is 11.4 Å². The minimum atomic E-state index is -0.354. The smallest absolute Gasteiger partial charge is 0.224 e. The van der Waals surface area contributed by atoms with Gasteiger partial charge in [-0.05, 0) is 37.5 Å². The second-order valence-corrected chi connectivity index (χ2v) is 7.66. The Labute approximate surface area is 149 Å². The maximum absolute atomic E-state index is 12.5. The molecule has 2 aromatic carbocycles. The average Bonchev–Trinajstić information content (AvgIpc) is 2.54. The largest absolute Gasteiger partial charge is 0.494 e. The molecule has 0 fully saturated rings. The number of nitrogens with two attached hydrogens (primary N) is 1. The van der Waals surface area contributed by atoms with Crippen LogP contribution < -0.4 is 15.4 Å². The molecule has 1 atom stereocenters. The van der Waals surface area contributed by atoms with E-state index in [9.17, 15) is 4.79 Å². The number of methoxy groups -OCH3 is 1. The third-order valence-corrected chi connectivity index (χ3v) is 5.25. The van der Waals surface area contributed by atoms with Crippen molar-refractivity contribution < 1.29 is 9.53 Å². The van der Waals surface area contributed by atoms with Crippen molar-refractivity contribution in [2.45, 2.75) is 45.1 Å². The Balaban J connectivity index is 2.38. The van der Waals surface area contributed by atoms with Crippen molar-refractivity contribution >= 4 is 17.3 Å². The number of rotatable bonds is 2. The van der Waals surface area contributed by atoms with E-state index < -0.39 is 0 Å². The maximum Gasteiger partial charge on any atom is 0.224 e. The second kappa shape index (κ2) is 5.80. The molecule has 0 aliphatic carbocycles. The fourth-order valence-corrected chi connectivity index (χ4v) is 4.43. The fraction of sp³-hybridized carbons (Fsp3) is 0.381. The predicted molar refractivity (Wildman–Crippen MR) is 102 cm³/mol. The SMILES string of the molecule is COc1cc(N)cc2c1N(C(C)=O)C(C)(C)CC2(C)c1ccccc1. The van der Waals surface area contributed by atoms with Crippen LogP contribution >= 0.6 is 0 Å². The van der Waals surface area contributed by atoms with Crippen molar-refractivity contribution in [2.24, 2.45) is 0 Å². The quantitative estimate of drug-likeness (QED) is 0.838. The number of hydrogen-bond acceptors (Lipinski definition) is 3. The Morgan fingerprint density at radius 1 is 1.16 bits per heavy atom. The Hall–Kier alpha value is -2.49. The third kappa shape index (κ3) is 2.66. The summed E-state index contributed by atoms with van der Waals surface area (Å²) in [6.45, 7) is 8.04. The topological polar surface area (TPSA) is 55.6 Å². The van der Waals surface area contributed by atoms with Crippen molar-refractivity contribution in [1.29, 1.82) is 0 Å². The summed E-state index contributed by atoms with van der Waals surface area (Å²) in [7, 11) is 1.62. The summed E-state index contributed by atoms with van der Waals surface area (Å²) in [5.41, 5.74) is 9.25. The molecule has 1 heterocycles. The molecule has 0 saturated carbocycles. The number of ether oxygens (including phenoxy) is 1. The van der Waals surface area contributed by atoms with Crippen LogP contribution in [0.1, 0.15) is 45.2 Å². The predicted octanol–water partition coefficient (Wildman–Crippen LogP) is 4.12. The normalized spacial score (nSPS) is 21.6. The highest BCUT2D eigenvalue weighted by Crippen LogP contribution is 2.54. The number of fused-ring (bicyclic) bond motifs is 1. The summed E-state index contributed by atoms with van der Waals surface area (Å²) in [5, 5.41) is 0. The molecule has 0 radical (unpaired) electrons. The van der Waals surface area contributed by atoms with Crippen molar-refractivity contribution in [3.05, 3.63) is 53.6 Å². The summed E-state index contributed by atoms with van der Waals surface area (Å²) in [6, 6.07) is 14.2. The van der Waals surface area contributed by atoms with Crippen molar-refractivity contribution in [3.8, 4) is 5.75 Å². The third-order valence-electron chi connectivity index (χ3n) is 5.25. The monoisotopic (exact) mass is 338 g/mol. The van der Waals surface area contributed by atoms with Crippen LogP contribution in [0.15, 0.2) is 42.5 Å². The zero-order chi connectivity index (χ0) is 18.4. The van der Waals surface area contributed by atoms with Gasteiger partial charge < -0.3 is 15.4 Å². The van der Waals surface area contributed by atoms with Gasteiger partial charge in [0.1, 0.15) is 5.75 Å². The van der Waals surface area contributed by atoms with Gasteiger partial charge in [-0.2, -0.15) is 0 Å². The molecular formula is C21H26N2O2. The molecule has 0 bridgehead atoms. The second-order valence-electron chi connectivity index (χ2n) is 7.66. The Morgan fingerprint density at radius 3 is 2.36 bits per heavy atom. The van der Waals surface area contributed by atoms with Gasteiger partial charge in [-0.25, -0.2) is 0 Å². The molecule has 132 valence electrons. The number of hydrogen-bond donors (Lipinski definition) is 1. The van der Waals surface area contributed by atoms with Gasteiger partial charge in [-0.3, -0.25) is 4.79 Å². The van der Waals surface area contributed by atoms with Crippen molar-refractivity contribution in [2.75, 3.05) is 17.7 Å². The van der Waals surface area contributed by atoms with Crippen LogP contribution in [-0.2, 0) is 10.2 Å². The Kier molecular flexibility index (Phi) is 4.02. The van der Waals surface area contributed by atoms with Crippen molar-refractivity contribution in [3.63, 3.8) is 0 Å². The van der Waals surface area contributed by atoms with E-state index in [1.807, 2.05) is 29.2 Å². The summed E-state index contributed by atoms with van der Waals surface area (Å²) in [6.07, 6.45) is 0.795. The van der Waals surface area contributed by atoms with Crippen LogP contribution in [0.25, 0.3) is 0 Å². The molecule has 1 aliphatic heterocycles. The Morgan fingerprint density at radius 2 is 1.80 bits per heavy atom. The molecule has 0 saturated heterocycles. The van der Waals surface area contributed by atoms with Crippen LogP contribution in [0.2, 0.25) is 0 Å². The molecule has 2 N–H and O–H groups in total. The molecule has 1 unspecified atom stereocenters. The van der Waals surface area contributed by atoms with Crippen LogP contribution in [0.5, 0.6) is 5.75 Å². The van der Waals surface area contributed by atoms with Gasteiger partial charge >= 0.3 is 0 Å². The molecule has 2 aromatic rings. The van der Waals surface area contributed by atoms with Gasteiger partial charge in [0.25, 0.3) is 0 Å². The lowest BCUT2D eigenvalue weighted by atomic mass is 9.65. The number of amides is 1. The first kappa shape index (κ1) is 17.3. The molecule has 0 aromatic heterocycles. The maximum atomic E-state index is 12.5. The van der Waals surface area contributed by atoms with Crippen LogP contribution in [0.3, 0.4) is 0 Å². The van der Waals surface area contributed by atoms with Gasteiger partial charge in [-0.15, -0.1) is 0 Å². The van der Waals surface area contributed by atoms with E-state index in [-0.39, 0.29) is 16.9 Å². The van der Waals surface area contributed by atoms with Crippen molar-refractivity contribution in [1.82, 2.24) is 0 Å². The van der Waals surface area contributed by atoms with E-state index in [1.165, 1.54) is 5.56 Å². The fourth-order valence-electron chi connectivity index (χ4n) is 4.43. The van der Waals surface area contributed by atoms with E-state index in [0.717, 1.165) is 17.7 Å². The van der Waals surface area contributed by atoms with E-state index >= 15 is 0 Å². The summed E-state index contributed by atoms with van der Waals surface area (Å²) in [5.74, 6) is 0.643. The van der Waals surface area contributed by atoms with Gasteiger partial charge in [0.2, 0.25) is 5.91 Å². The van der Waals surface area contributed by atoms with Gasteiger partial charge in [0, 0.05) is 29.6 Å². The minimum Gasteiger partial charge on any atom is -0.494 e. The number of benzene rings is 2. The van der Waals surface area contributed by atoms with E-state index in [1.54, 1.807) is 20.1 Å². The molecule has 1 amide bonds. The molecular weight excluding hydrogens is 312 g/mol. The van der Waals surface area contributed by atoms with Gasteiger partial charge in [-0.1, -0.05) is 37.3 Å². The van der Waals surface area contributed by atoms with E-state index in [4.69, 9.17) is 10.5 Å².